The van der Waals surface area contributed by atoms with Crippen molar-refractivity contribution in [2.24, 2.45) is 0 Å². The number of esters is 1. The molecule has 0 atom stereocenters. The lowest BCUT2D eigenvalue weighted by Crippen LogP contribution is -2.50. The Morgan fingerprint density at radius 1 is 1.33 bits per heavy atom. The highest BCUT2D eigenvalue weighted by Crippen LogP contribution is 2.30. The molecule has 21 heavy (non-hydrogen) atoms. The van der Waals surface area contributed by atoms with E-state index in [4.69, 9.17) is 4.42 Å². The number of nitrogens with zero attached hydrogens (tertiary/aromatic N) is 1. The van der Waals surface area contributed by atoms with E-state index in [0.29, 0.717) is 0 Å². The van der Waals surface area contributed by atoms with Crippen molar-refractivity contribution in [1.29, 1.82) is 0 Å². The molecular weight excluding hydrogens is 300 g/mol. The smallest absolute Gasteiger partial charge is 0.342 e. The summed E-state index contributed by atoms with van der Waals surface area (Å²) in [5.74, 6) is -0.912. The summed E-state index contributed by atoms with van der Waals surface area (Å²) >= 11 is 0. The molecule has 1 aromatic rings. The van der Waals surface area contributed by atoms with Crippen LogP contribution in [0.2, 0.25) is 0 Å². The second kappa shape index (κ2) is 5.49. The first-order chi connectivity index (χ1) is 9.78. The Bertz CT molecular complexity index is 691. The summed E-state index contributed by atoms with van der Waals surface area (Å²) in [6.07, 6.45) is 0. The maximum absolute atomic E-state index is 12.7. The SMILES string of the molecule is COC(=O)c1c(C)oc(C)c1S(=O)(=O)N1CCNC(=O)C1. The molecule has 8 nitrogen and oxygen atoms in total. The van der Waals surface area contributed by atoms with Gasteiger partial charge in [-0.1, -0.05) is 0 Å². The van der Waals surface area contributed by atoms with E-state index in [9.17, 15) is 18.0 Å². The van der Waals surface area contributed by atoms with Gasteiger partial charge in [-0.2, -0.15) is 4.31 Å². The molecule has 116 valence electrons. The van der Waals surface area contributed by atoms with Crippen LogP contribution in [0.5, 0.6) is 0 Å². The Morgan fingerprint density at radius 2 is 2.00 bits per heavy atom. The number of nitrogens with one attached hydrogen (secondary N) is 1. The number of ether oxygens (including phenoxy) is 1. The minimum atomic E-state index is -4.01. The minimum absolute atomic E-state index is 0.0962. The summed E-state index contributed by atoms with van der Waals surface area (Å²) in [6, 6.07) is 0. The zero-order chi connectivity index (χ0) is 15.8. The van der Waals surface area contributed by atoms with Gasteiger partial charge in [0.15, 0.2) is 0 Å². The number of hydrogen-bond acceptors (Lipinski definition) is 6. The molecular formula is C12H16N2O6S. The van der Waals surface area contributed by atoms with Gasteiger partial charge >= 0.3 is 5.97 Å². The number of methoxy groups -OCH3 is 1. The van der Waals surface area contributed by atoms with Crippen molar-refractivity contribution in [1.82, 2.24) is 9.62 Å². The second-order valence-electron chi connectivity index (χ2n) is 4.60. The third kappa shape index (κ3) is 2.66. The molecule has 1 fully saturated rings. The van der Waals surface area contributed by atoms with Crippen molar-refractivity contribution in [2.75, 3.05) is 26.7 Å². The third-order valence-corrected chi connectivity index (χ3v) is 5.19. The van der Waals surface area contributed by atoms with E-state index in [1.54, 1.807) is 0 Å². The van der Waals surface area contributed by atoms with Gasteiger partial charge in [0.05, 0.1) is 13.7 Å². The van der Waals surface area contributed by atoms with E-state index in [-0.39, 0.29) is 47.5 Å². The van der Waals surface area contributed by atoms with Gasteiger partial charge in [0.25, 0.3) is 0 Å². The fourth-order valence-corrected chi connectivity index (χ4v) is 4.03. The number of amides is 1. The van der Waals surface area contributed by atoms with Gasteiger partial charge in [0.2, 0.25) is 15.9 Å². The Labute approximate surface area is 122 Å². The summed E-state index contributed by atoms with van der Waals surface area (Å²) in [4.78, 5) is 23.0. The molecule has 0 radical (unpaired) electrons. The lowest BCUT2D eigenvalue weighted by atomic mass is 10.2. The monoisotopic (exact) mass is 316 g/mol. The van der Waals surface area contributed by atoms with Crippen LogP contribution in [0.25, 0.3) is 0 Å². The van der Waals surface area contributed by atoms with Crippen LogP contribution in [0.15, 0.2) is 9.31 Å². The highest BCUT2D eigenvalue weighted by Gasteiger charge is 2.37. The van der Waals surface area contributed by atoms with Crippen LogP contribution in [-0.2, 0) is 19.6 Å². The van der Waals surface area contributed by atoms with Crippen LogP contribution in [0.3, 0.4) is 0 Å². The van der Waals surface area contributed by atoms with Gasteiger partial charge in [0, 0.05) is 13.1 Å². The number of carbonyl (C=O) groups is 2. The fraction of sp³-hybridized carbons (Fsp3) is 0.500. The van der Waals surface area contributed by atoms with Crippen molar-refractivity contribution in [3.05, 3.63) is 17.1 Å². The number of aryl methyl sites for hydroxylation is 2. The Kier molecular flexibility index (Phi) is 4.06. The lowest BCUT2D eigenvalue weighted by Gasteiger charge is -2.25. The summed E-state index contributed by atoms with van der Waals surface area (Å²) in [7, 11) is -2.85. The number of carbonyl (C=O) groups excluding carboxylic acids is 2. The molecule has 1 aromatic heterocycles. The van der Waals surface area contributed by atoms with Crippen LogP contribution < -0.4 is 5.32 Å². The molecule has 2 rings (SSSR count). The molecule has 0 aromatic carbocycles. The summed E-state index contributed by atoms with van der Waals surface area (Å²) in [6.45, 7) is 3.02. The van der Waals surface area contributed by atoms with E-state index >= 15 is 0 Å². The summed E-state index contributed by atoms with van der Waals surface area (Å²) < 4.78 is 36.3. The maximum Gasteiger partial charge on any atom is 0.342 e. The minimum Gasteiger partial charge on any atom is -0.465 e. The fourth-order valence-electron chi connectivity index (χ4n) is 2.26. The molecule has 1 amide bonds. The van der Waals surface area contributed by atoms with Crippen molar-refractivity contribution < 1.29 is 27.2 Å². The first-order valence-electron chi connectivity index (χ1n) is 6.24. The molecule has 1 aliphatic heterocycles. The predicted octanol–water partition coefficient (Wildman–Crippen LogP) is -0.196. The molecule has 1 aliphatic rings. The van der Waals surface area contributed by atoms with Gasteiger partial charge in [0.1, 0.15) is 22.0 Å². The van der Waals surface area contributed by atoms with Crippen LogP contribution in [0.1, 0.15) is 21.9 Å². The summed E-state index contributed by atoms with van der Waals surface area (Å²) in [5, 5.41) is 2.54. The van der Waals surface area contributed by atoms with Crippen LogP contribution in [-0.4, -0.2) is 51.3 Å². The molecule has 0 spiro atoms. The molecule has 0 unspecified atom stereocenters. The molecule has 0 aliphatic carbocycles. The number of hydrogen-bond donors (Lipinski definition) is 1. The standard InChI is InChI=1S/C12H16N2O6S/c1-7-10(12(16)19-3)11(8(2)20-7)21(17,18)14-5-4-13-9(15)6-14/h4-6H2,1-3H3,(H,13,15). The number of sulfonamides is 1. The highest BCUT2D eigenvalue weighted by atomic mass is 32.2. The molecule has 0 bridgehead atoms. The average molecular weight is 316 g/mol. The first kappa shape index (κ1) is 15.5. The number of piperazine rings is 1. The second-order valence-corrected chi connectivity index (χ2v) is 6.47. The topological polar surface area (TPSA) is 106 Å². The molecule has 1 saturated heterocycles. The van der Waals surface area contributed by atoms with Gasteiger partial charge in [-0.3, -0.25) is 4.79 Å². The largest absolute Gasteiger partial charge is 0.465 e. The molecule has 2 heterocycles. The molecule has 0 saturated carbocycles. The zero-order valence-corrected chi connectivity index (χ0v) is 12.7. The van der Waals surface area contributed by atoms with Crippen molar-refractivity contribution in [3.63, 3.8) is 0 Å². The Hall–Kier alpha value is -1.87. The normalized spacial score (nSPS) is 16.6. The van der Waals surface area contributed by atoms with Crippen LogP contribution >= 0.6 is 0 Å². The van der Waals surface area contributed by atoms with Crippen molar-refractivity contribution >= 4 is 21.9 Å². The number of furan rings is 1. The molecule has 9 heteroatoms. The summed E-state index contributed by atoms with van der Waals surface area (Å²) in [5.41, 5.74) is -0.124. The van der Waals surface area contributed by atoms with E-state index in [2.05, 4.69) is 10.1 Å². The Balaban J connectivity index is 2.54. The maximum atomic E-state index is 12.7. The highest BCUT2D eigenvalue weighted by molar-refractivity contribution is 7.89. The van der Waals surface area contributed by atoms with Gasteiger partial charge in [-0.05, 0) is 13.8 Å². The van der Waals surface area contributed by atoms with Crippen molar-refractivity contribution in [3.8, 4) is 0 Å². The van der Waals surface area contributed by atoms with E-state index in [1.165, 1.54) is 13.8 Å². The van der Waals surface area contributed by atoms with Crippen LogP contribution in [0.4, 0.5) is 0 Å². The number of rotatable bonds is 3. The van der Waals surface area contributed by atoms with Crippen LogP contribution in [0, 0.1) is 13.8 Å². The van der Waals surface area contributed by atoms with Crippen molar-refractivity contribution in [2.45, 2.75) is 18.7 Å². The third-order valence-electron chi connectivity index (χ3n) is 3.20. The van der Waals surface area contributed by atoms with Gasteiger partial charge in [-0.25, -0.2) is 13.2 Å². The average Bonchev–Trinajstić information content (AvgIpc) is 2.73. The predicted molar refractivity (Wildman–Crippen MR) is 71.3 cm³/mol. The lowest BCUT2D eigenvalue weighted by molar-refractivity contribution is -0.122. The van der Waals surface area contributed by atoms with E-state index in [1.807, 2.05) is 0 Å². The van der Waals surface area contributed by atoms with Gasteiger partial charge in [-0.15, -0.1) is 0 Å². The van der Waals surface area contributed by atoms with E-state index in [0.717, 1.165) is 11.4 Å². The quantitative estimate of drug-likeness (QED) is 0.774. The van der Waals surface area contributed by atoms with Gasteiger partial charge < -0.3 is 14.5 Å². The van der Waals surface area contributed by atoms with E-state index < -0.39 is 16.0 Å². The zero-order valence-electron chi connectivity index (χ0n) is 11.9. The Morgan fingerprint density at radius 3 is 2.57 bits per heavy atom. The first-order valence-corrected chi connectivity index (χ1v) is 7.68. The molecule has 1 N–H and O–H groups in total.